The Kier molecular flexibility index (Phi) is 4.84. The monoisotopic (exact) mass is 263 g/mol. The molecule has 0 aliphatic carbocycles. The number of Topliss-reactive ketones (excluding diaryl/α,β-unsaturated/α-hetero) is 1. The summed E-state index contributed by atoms with van der Waals surface area (Å²) in [5.74, 6) is -0.699. The Hall–Kier alpha value is -1.68. The van der Waals surface area contributed by atoms with E-state index >= 15 is 0 Å². The van der Waals surface area contributed by atoms with Gasteiger partial charge in [-0.25, -0.2) is 0 Å². The highest BCUT2D eigenvalue weighted by molar-refractivity contribution is 5.99. The van der Waals surface area contributed by atoms with Gasteiger partial charge in [0.1, 0.15) is 11.6 Å². The highest BCUT2D eigenvalue weighted by atomic mass is 16.6. The topological polar surface area (TPSA) is 69.4 Å². The first-order valence-corrected chi connectivity index (χ1v) is 6.27. The van der Waals surface area contributed by atoms with Crippen LogP contribution < -0.4 is 5.73 Å². The molecule has 0 fully saturated rings. The van der Waals surface area contributed by atoms with Crippen LogP contribution in [0.4, 0.5) is 0 Å². The van der Waals surface area contributed by atoms with Crippen molar-refractivity contribution in [3.05, 3.63) is 35.4 Å². The first-order chi connectivity index (χ1) is 8.69. The molecule has 1 rings (SSSR count). The van der Waals surface area contributed by atoms with Crippen molar-refractivity contribution in [2.75, 3.05) is 0 Å². The standard InChI is InChI=1S/C15H21NO3/c1-10-6-5-7-11(8-10)13(17)9-12(16)14(18)19-15(2,3)4/h5-8,12H,9,16H2,1-4H3. The predicted molar refractivity (Wildman–Crippen MR) is 73.9 cm³/mol. The molecule has 4 heteroatoms. The van der Waals surface area contributed by atoms with Crippen molar-refractivity contribution in [3.63, 3.8) is 0 Å². The van der Waals surface area contributed by atoms with Crippen LogP contribution in [0.5, 0.6) is 0 Å². The molecule has 0 amide bonds. The van der Waals surface area contributed by atoms with E-state index in [0.29, 0.717) is 5.56 Å². The minimum Gasteiger partial charge on any atom is -0.459 e. The van der Waals surface area contributed by atoms with Gasteiger partial charge in [-0.05, 0) is 33.8 Å². The van der Waals surface area contributed by atoms with Crippen molar-refractivity contribution in [1.29, 1.82) is 0 Å². The second-order valence-electron chi connectivity index (χ2n) is 5.64. The van der Waals surface area contributed by atoms with E-state index < -0.39 is 17.6 Å². The molecular weight excluding hydrogens is 242 g/mol. The molecule has 2 N–H and O–H groups in total. The number of carbonyl (C=O) groups excluding carboxylic acids is 2. The fourth-order valence-corrected chi connectivity index (χ4v) is 1.60. The molecule has 0 aliphatic rings. The molecule has 0 saturated heterocycles. The Bertz CT molecular complexity index is 475. The van der Waals surface area contributed by atoms with Gasteiger partial charge < -0.3 is 10.5 Å². The molecule has 1 atom stereocenters. The van der Waals surface area contributed by atoms with Crippen molar-refractivity contribution in [2.24, 2.45) is 5.73 Å². The van der Waals surface area contributed by atoms with E-state index in [-0.39, 0.29) is 12.2 Å². The van der Waals surface area contributed by atoms with Gasteiger partial charge in [-0.3, -0.25) is 9.59 Å². The summed E-state index contributed by atoms with van der Waals surface area (Å²) in [5.41, 5.74) is 6.67. The quantitative estimate of drug-likeness (QED) is 0.668. The summed E-state index contributed by atoms with van der Waals surface area (Å²) in [6.45, 7) is 7.20. The van der Waals surface area contributed by atoms with Gasteiger partial charge >= 0.3 is 5.97 Å². The molecule has 0 aromatic heterocycles. The number of hydrogen-bond acceptors (Lipinski definition) is 4. The zero-order valence-corrected chi connectivity index (χ0v) is 11.9. The lowest BCUT2D eigenvalue weighted by Crippen LogP contribution is -2.38. The summed E-state index contributed by atoms with van der Waals surface area (Å²) in [7, 11) is 0. The summed E-state index contributed by atoms with van der Waals surface area (Å²) in [5, 5.41) is 0. The molecule has 4 nitrogen and oxygen atoms in total. The maximum atomic E-state index is 12.0. The van der Waals surface area contributed by atoms with Crippen LogP contribution in [0, 0.1) is 6.92 Å². The SMILES string of the molecule is Cc1cccc(C(=O)CC(N)C(=O)OC(C)(C)C)c1. The van der Waals surface area contributed by atoms with Gasteiger partial charge in [0.2, 0.25) is 0 Å². The second-order valence-corrected chi connectivity index (χ2v) is 5.64. The number of carbonyl (C=O) groups is 2. The predicted octanol–water partition coefficient (Wildman–Crippen LogP) is 2.24. The highest BCUT2D eigenvalue weighted by Gasteiger charge is 2.24. The number of benzene rings is 1. The number of ether oxygens (including phenoxy) is 1. The van der Waals surface area contributed by atoms with E-state index in [1.807, 2.05) is 19.1 Å². The Morgan fingerprint density at radius 1 is 1.32 bits per heavy atom. The molecule has 19 heavy (non-hydrogen) atoms. The molecule has 1 aromatic carbocycles. The van der Waals surface area contributed by atoms with E-state index in [4.69, 9.17) is 10.5 Å². The van der Waals surface area contributed by atoms with Crippen molar-refractivity contribution in [2.45, 2.75) is 45.8 Å². The Morgan fingerprint density at radius 2 is 1.95 bits per heavy atom. The first-order valence-electron chi connectivity index (χ1n) is 6.27. The van der Waals surface area contributed by atoms with Crippen LogP contribution in [0.1, 0.15) is 43.1 Å². The molecule has 0 saturated carbocycles. The van der Waals surface area contributed by atoms with Gasteiger partial charge in [0.05, 0.1) is 0 Å². The summed E-state index contributed by atoms with van der Waals surface area (Å²) in [6, 6.07) is 6.29. The smallest absolute Gasteiger partial charge is 0.323 e. The van der Waals surface area contributed by atoms with Crippen LogP contribution in [-0.4, -0.2) is 23.4 Å². The maximum absolute atomic E-state index is 12.0. The normalized spacial score (nSPS) is 12.9. The number of nitrogens with two attached hydrogens (primary N) is 1. The lowest BCUT2D eigenvalue weighted by atomic mass is 10.0. The van der Waals surface area contributed by atoms with Crippen LogP contribution in [0.3, 0.4) is 0 Å². The largest absolute Gasteiger partial charge is 0.459 e. The molecule has 0 radical (unpaired) electrons. The lowest BCUT2D eigenvalue weighted by molar-refractivity contribution is -0.156. The van der Waals surface area contributed by atoms with E-state index in [1.54, 1.807) is 32.9 Å². The third-order valence-corrected chi connectivity index (χ3v) is 2.45. The minimum atomic E-state index is -0.924. The highest BCUT2D eigenvalue weighted by Crippen LogP contribution is 2.12. The molecule has 104 valence electrons. The van der Waals surface area contributed by atoms with Gasteiger partial charge in [-0.1, -0.05) is 23.8 Å². The molecule has 1 aromatic rings. The van der Waals surface area contributed by atoms with Crippen molar-refractivity contribution in [1.82, 2.24) is 0 Å². The molecule has 0 spiro atoms. The summed E-state index contributed by atoms with van der Waals surface area (Å²) >= 11 is 0. The average Bonchev–Trinajstić information content (AvgIpc) is 2.26. The first kappa shape index (κ1) is 15.4. The summed E-state index contributed by atoms with van der Waals surface area (Å²) in [6.07, 6.45) is -0.0433. The number of hydrogen-bond donors (Lipinski definition) is 1. The minimum absolute atomic E-state index is 0.0433. The molecule has 1 unspecified atom stereocenters. The van der Waals surface area contributed by atoms with Gasteiger partial charge in [-0.15, -0.1) is 0 Å². The number of esters is 1. The molecule has 0 aliphatic heterocycles. The van der Waals surface area contributed by atoms with Crippen LogP contribution >= 0.6 is 0 Å². The van der Waals surface area contributed by atoms with E-state index in [9.17, 15) is 9.59 Å². The third-order valence-electron chi connectivity index (χ3n) is 2.45. The van der Waals surface area contributed by atoms with Crippen LogP contribution in [0.15, 0.2) is 24.3 Å². The average molecular weight is 263 g/mol. The van der Waals surface area contributed by atoms with E-state index in [2.05, 4.69) is 0 Å². The van der Waals surface area contributed by atoms with Gasteiger partial charge in [0, 0.05) is 12.0 Å². The lowest BCUT2D eigenvalue weighted by Gasteiger charge is -2.21. The third kappa shape index (κ3) is 5.22. The molecule has 0 heterocycles. The number of aryl methyl sites for hydroxylation is 1. The number of ketones is 1. The van der Waals surface area contributed by atoms with Crippen molar-refractivity contribution >= 4 is 11.8 Å². The fourth-order valence-electron chi connectivity index (χ4n) is 1.60. The Labute approximate surface area is 113 Å². The Morgan fingerprint density at radius 3 is 2.47 bits per heavy atom. The summed E-state index contributed by atoms with van der Waals surface area (Å²) in [4.78, 5) is 23.7. The zero-order valence-electron chi connectivity index (χ0n) is 11.9. The van der Waals surface area contributed by atoms with Gasteiger partial charge in [0.25, 0.3) is 0 Å². The Balaban J connectivity index is 2.64. The van der Waals surface area contributed by atoms with Gasteiger partial charge in [0.15, 0.2) is 5.78 Å². The molecule has 0 bridgehead atoms. The van der Waals surface area contributed by atoms with E-state index in [1.165, 1.54) is 0 Å². The van der Waals surface area contributed by atoms with Gasteiger partial charge in [-0.2, -0.15) is 0 Å². The summed E-state index contributed by atoms with van der Waals surface area (Å²) < 4.78 is 5.14. The fraction of sp³-hybridized carbons (Fsp3) is 0.467. The second kappa shape index (κ2) is 5.97. The van der Waals surface area contributed by atoms with Crippen LogP contribution in [-0.2, 0) is 9.53 Å². The maximum Gasteiger partial charge on any atom is 0.323 e. The van der Waals surface area contributed by atoms with Crippen LogP contribution in [0.25, 0.3) is 0 Å². The van der Waals surface area contributed by atoms with Crippen molar-refractivity contribution < 1.29 is 14.3 Å². The zero-order chi connectivity index (χ0) is 14.6. The van der Waals surface area contributed by atoms with E-state index in [0.717, 1.165) is 5.56 Å². The van der Waals surface area contributed by atoms with Crippen molar-refractivity contribution in [3.8, 4) is 0 Å². The van der Waals surface area contributed by atoms with Crippen LogP contribution in [0.2, 0.25) is 0 Å². The molecular formula is C15H21NO3. The number of rotatable bonds is 4.